The number of ether oxygens (including phenoxy) is 1. The van der Waals surface area contributed by atoms with E-state index in [0.29, 0.717) is 37.6 Å². The monoisotopic (exact) mass is 489 g/mol. The van der Waals surface area contributed by atoms with Gasteiger partial charge in [-0.05, 0) is 60.2 Å². The van der Waals surface area contributed by atoms with Gasteiger partial charge in [0.2, 0.25) is 5.91 Å². The Morgan fingerprint density at radius 2 is 1.72 bits per heavy atom. The fraction of sp³-hybridized carbons (Fsp3) is 0.0870. The van der Waals surface area contributed by atoms with Crippen molar-refractivity contribution in [3.63, 3.8) is 0 Å². The van der Waals surface area contributed by atoms with Crippen LogP contribution in [0.3, 0.4) is 0 Å². The van der Waals surface area contributed by atoms with E-state index >= 15 is 0 Å². The number of hydrogen-bond donors (Lipinski definition) is 2. The average Bonchev–Trinajstić information content (AvgIpc) is 2.75. The van der Waals surface area contributed by atoms with Crippen molar-refractivity contribution in [2.75, 3.05) is 5.32 Å². The summed E-state index contributed by atoms with van der Waals surface area (Å²) in [6.45, 7) is 1.67. The number of anilines is 1. The molecule has 0 bridgehead atoms. The van der Waals surface area contributed by atoms with Gasteiger partial charge in [-0.1, -0.05) is 40.9 Å². The summed E-state index contributed by atoms with van der Waals surface area (Å²) in [5.74, 6) is -0.0698. The number of carbonyl (C=O) groups is 2. The molecule has 0 aliphatic rings. The Morgan fingerprint density at radius 1 is 0.969 bits per heavy atom. The van der Waals surface area contributed by atoms with E-state index in [-0.39, 0.29) is 12.5 Å². The summed E-state index contributed by atoms with van der Waals surface area (Å²) in [7, 11) is 0. The first-order valence-corrected chi connectivity index (χ1v) is 10.5. The summed E-state index contributed by atoms with van der Waals surface area (Å²) in [6, 6.07) is 16.7. The van der Waals surface area contributed by atoms with Gasteiger partial charge in [-0.3, -0.25) is 9.59 Å². The number of benzene rings is 3. The molecule has 0 unspecified atom stereocenters. The largest absolute Gasteiger partial charge is 0.488 e. The lowest BCUT2D eigenvalue weighted by atomic mass is 10.2. The predicted molar refractivity (Wildman–Crippen MR) is 128 cm³/mol. The third kappa shape index (κ3) is 6.72. The summed E-state index contributed by atoms with van der Waals surface area (Å²) in [6.07, 6.45) is 1.44. The van der Waals surface area contributed by atoms with E-state index in [1.165, 1.54) is 13.1 Å². The van der Waals surface area contributed by atoms with Crippen LogP contribution in [0.25, 0.3) is 0 Å². The van der Waals surface area contributed by atoms with E-state index < -0.39 is 5.91 Å². The van der Waals surface area contributed by atoms with Gasteiger partial charge in [-0.15, -0.1) is 0 Å². The molecule has 0 heterocycles. The molecule has 32 heavy (non-hydrogen) atoms. The summed E-state index contributed by atoms with van der Waals surface area (Å²) in [5.41, 5.74) is 4.86. The maximum Gasteiger partial charge on any atom is 0.271 e. The van der Waals surface area contributed by atoms with Gasteiger partial charge in [-0.25, -0.2) is 5.43 Å². The van der Waals surface area contributed by atoms with Gasteiger partial charge >= 0.3 is 0 Å². The van der Waals surface area contributed by atoms with Crippen LogP contribution in [-0.4, -0.2) is 18.0 Å². The zero-order valence-electron chi connectivity index (χ0n) is 16.9. The third-order valence-electron chi connectivity index (χ3n) is 4.19. The van der Waals surface area contributed by atoms with E-state index in [1.807, 2.05) is 6.07 Å². The van der Waals surface area contributed by atoms with Crippen molar-refractivity contribution >= 4 is 58.5 Å². The highest BCUT2D eigenvalue weighted by Crippen LogP contribution is 2.25. The molecule has 0 saturated heterocycles. The standard InChI is InChI=1S/C23H18Cl3N3O3/c1-14(30)28-19-6-3-16(4-7-19)23(31)29-27-12-17-11-18(24)5-9-22(17)32-13-15-2-8-20(25)21(26)10-15/h2-12H,13H2,1H3,(H,28,30)(H,29,31). The molecule has 2 amide bonds. The molecule has 0 aliphatic carbocycles. The van der Waals surface area contributed by atoms with Gasteiger partial charge in [0, 0.05) is 28.8 Å². The number of hydrogen-bond acceptors (Lipinski definition) is 4. The molecule has 3 aromatic carbocycles. The number of rotatable bonds is 7. The number of carbonyl (C=O) groups excluding carboxylic acids is 2. The summed E-state index contributed by atoms with van der Waals surface area (Å²) >= 11 is 18.1. The van der Waals surface area contributed by atoms with Crippen molar-refractivity contribution < 1.29 is 14.3 Å². The maximum absolute atomic E-state index is 12.3. The van der Waals surface area contributed by atoms with E-state index in [4.69, 9.17) is 39.5 Å². The van der Waals surface area contributed by atoms with Gasteiger partial charge in [0.15, 0.2) is 0 Å². The lowest BCUT2D eigenvalue weighted by Gasteiger charge is -2.10. The molecule has 0 aromatic heterocycles. The van der Waals surface area contributed by atoms with Crippen LogP contribution in [0.4, 0.5) is 5.69 Å². The lowest BCUT2D eigenvalue weighted by molar-refractivity contribution is -0.114. The lowest BCUT2D eigenvalue weighted by Crippen LogP contribution is -2.17. The van der Waals surface area contributed by atoms with Crippen LogP contribution >= 0.6 is 34.8 Å². The van der Waals surface area contributed by atoms with Crippen LogP contribution in [0.2, 0.25) is 15.1 Å². The van der Waals surface area contributed by atoms with Crippen LogP contribution in [0.1, 0.15) is 28.4 Å². The van der Waals surface area contributed by atoms with Crippen molar-refractivity contribution in [1.29, 1.82) is 0 Å². The number of nitrogens with zero attached hydrogens (tertiary/aromatic N) is 1. The highest BCUT2D eigenvalue weighted by atomic mass is 35.5. The number of hydrazone groups is 1. The van der Waals surface area contributed by atoms with Crippen LogP contribution in [0.5, 0.6) is 5.75 Å². The first-order valence-electron chi connectivity index (χ1n) is 9.39. The van der Waals surface area contributed by atoms with Crippen LogP contribution < -0.4 is 15.5 Å². The minimum Gasteiger partial charge on any atom is -0.488 e. The molecule has 0 aliphatic heterocycles. The van der Waals surface area contributed by atoms with Gasteiger partial charge in [-0.2, -0.15) is 5.10 Å². The number of halogens is 3. The van der Waals surface area contributed by atoms with Crippen LogP contribution in [0, 0.1) is 0 Å². The Hall–Kier alpha value is -3.06. The SMILES string of the molecule is CC(=O)Nc1ccc(C(=O)NN=Cc2cc(Cl)ccc2OCc2ccc(Cl)c(Cl)c2)cc1. The fourth-order valence-electron chi connectivity index (χ4n) is 2.68. The Balaban J connectivity index is 1.65. The summed E-state index contributed by atoms with van der Waals surface area (Å²) < 4.78 is 5.86. The first kappa shape index (κ1) is 23.6. The molecule has 6 nitrogen and oxygen atoms in total. The summed E-state index contributed by atoms with van der Waals surface area (Å²) in [4.78, 5) is 23.4. The van der Waals surface area contributed by atoms with Gasteiger partial charge in [0.25, 0.3) is 5.91 Å². The average molecular weight is 491 g/mol. The Morgan fingerprint density at radius 3 is 2.41 bits per heavy atom. The van der Waals surface area contributed by atoms with Crippen molar-refractivity contribution in [3.05, 3.63) is 92.4 Å². The molecular weight excluding hydrogens is 473 g/mol. The molecule has 0 saturated carbocycles. The van der Waals surface area contributed by atoms with Gasteiger partial charge in [0.1, 0.15) is 12.4 Å². The molecule has 3 rings (SSSR count). The topological polar surface area (TPSA) is 79.8 Å². The number of nitrogens with one attached hydrogen (secondary N) is 2. The second-order valence-electron chi connectivity index (χ2n) is 6.68. The minimum absolute atomic E-state index is 0.189. The molecule has 164 valence electrons. The van der Waals surface area contributed by atoms with Gasteiger partial charge in [0.05, 0.1) is 16.3 Å². The minimum atomic E-state index is -0.407. The molecule has 0 fully saturated rings. The highest BCUT2D eigenvalue weighted by molar-refractivity contribution is 6.42. The maximum atomic E-state index is 12.3. The van der Waals surface area contributed by atoms with Crippen LogP contribution in [-0.2, 0) is 11.4 Å². The first-order chi connectivity index (χ1) is 15.3. The van der Waals surface area contributed by atoms with Crippen molar-refractivity contribution in [2.45, 2.75) is 13.5 Å². The van der Waals surface area contributed by atoms with E-state index in [0.717, 1.165) is 5.56 Å². The van der Waals surface area contributed by atoms with Crippen molar-refractivity contribution in [1.82, 2.24) is 5.43 Å². The highest BCUT2D eigenvalue weighted by Gasteiger charge is 2.07. The second kappa shape index (κ2) is 11.0. The third-order valence-corrected chi connectivity index (χ3v) is 5.16. The van der Waals surface area contributed by atoms with Crippen molar-refractivity contribution in [2.24, 2.45) is 5.10 Å². The molecule has 9 heteroatoms. The van der Waals surface area contributed by atoms with Crippen molar-refractivity contribution in [3.8, 4) is 5.75 Å². The fourth-order valence-corrected chi connectivity index (χ4v) is 3.18. The van der Waals surface area contributed by atoms with Crippen LogP contribution in [0.15, 0.2) is 65.8 Å². The van der Waals surface area contributed by atoms with E-state index in [2.05, 4.69) is 15.8 Å². The zero-order chi connectivity index (χ0) is 23.1. The molecule has 0 atom stereocenters. The Kier molecular flexibility index (Phi) is 8.11. The summed E-state index contributed by atoms with van der Waals surface area (Å²) in [5, 5.41) is 8.04. The van der Waals surface area contributed by atoms with Gasteiger partial charge < -0.3 is 10.1 Å². The van der Waals surface area contributed by atoms with E-state index in [9.17, 15) is 9.59 Å². The molecule has 3 aromatic rings. The van der Waals surface area contributed by atoms with E-state index in [1.54, 1.807) is 54.6 Å². The quantitative estimate of drug-likeness (QED) is 0.317. The predicted octanol–water partition coefficient (Wildman–Crippen LogP) is 5.95. The second-order valence-corrected chi connectivity index (χ2v) is 7.93. The smallest absolute Gasteiger partial charge is 0.271 e. The molecule has 0 radical (unpaired) electrons. The molecule has 0 spiro atoms. The normalized spacial score (nSPS) is 10.8. The Bertz CT molecular complexity index is 1160. The molecule has 2 N–H and O–H groups in total. The molecular formula is C23H18Cl3N3O3. The number of amides is 2. The Labute approximate surface area is 200 Å². The zero-order valence-corrected chi connectivity index (χ0v) is 19.1.